The first kappa shape index (κ1) is 14.3. The lowest BCUT2D eigenvalue weighted by Gasteiger charge is -2.12. The van der Waals surface area contributed by atoms with Crippen molar-refractivity contribution in [3.63, 3.8) is 0 Å². The van der Waals surface area contributed by atoms with Crippen LogP contribution in [0.3, 0.4) is 0 Å². The molecule has 0 saturated heterocycles. The highest BCUT2D eigenvalue weighted by Gasteiger charge is 2.17. The first-order chi connectivity index (χ1) is 10.2. The highest BCUT2D eigenvalue weighted by atomic mass is 32.2. The van der Waals surface area contributed by atoms with Crippen LogP contribution in [0.25, 0.3) is 10.8 Å². The number of amides is 1. The van der Waals surface area contributed by atoms with Crippen molar-refractivity contribution in [2.24, 2.45) is 0 Å². The van der Waals surface area contributed by atoms with Gasteiger partial charge in [0.1, 0.15) is 5.75 Å². The summed E-state index contributed by atoms with van der Waals surface area (Å²) in [5, 5.41) is 14.8. The second-order valence-corrected chi connectivity index (χ2v) is 6.48. The first-order valence-electron chi connectivity index (χ1n) is 7.37. The highest BCUT2D eigenvalue weighted by molar-refractivity contribution is 8.00. The molecule has 0 atom stereocenters. The zero-order valence-electron chi connectivity index (χ0n) is 11.8. The molecule has 1 saturated carbocycles. The van der Waals surface area contributed by atoms with E-state index >= 15 is 0 Å². The molecule has 0 heterocycles. The predicted octanol–water partition coefficient (Wildman–Crippen LogP) is 3.70. The molecule has 1 amide bonds. The zero-order valence-corrected chi connectivity index (χ0v) is 12.7. The number of phenols is 1. The Hall–Kier alpha value is -1.68. The summed E-state index contributed by atoms with van der Waals surface area (Å²) in [4.78, 5) is 13.0. The molecule has 1 aliphatic rings. The fourth-order valence-corrected chi connectivity index (χ4v) is 3.73. The average molecular weight is 301 g/mol. The van der Waals surface area contributed by atoms with Gasteiger partial charge < -0.3 is 10.4 Å². The molecule has 2 aromatic carbocycles. The van der Waals surface area contributed by atoms with E-state index in [2.05, 4.69) is 5.32 Å². The SMILES string of the molecule is O=C(CSc1ccc(O)c2ccccc12)NC1CCCC1. The van der Waals surface area contributed by atoms with Crippen molar-refractivity contribution < 1.29 is 9.90 Å². The van der Waals surface area contributed by atoms with Gasteiger partial charge >= 0.3 is 0 Å². The van der Waals surface area contributed by atoms with Crippen molar-refractivity contribution in [2.45, 2.75) is 36.6 Å². The van der Waals surface area contributed by atoms with Gasteiger partial charge in [-0.1, -0.05) is 37.1 Å². The topological polar surface area (TPSA) is 49.3 Å². The maximum Gasteiger partial charge on any atom is 0.230 e. The van der Waals surface area contributed by atoms with Gasteiger partial charge in [-0.3, -0.25) is 4.79 Å². The third-order valence-corrected chi connectivity index (χ3v) is 5.01. The van der Waals surface area contributed by atoms with Gasteiger partial charge in [-0.2, -0.15) is 0 Å². The number of benzene rings is 2. The molecule has 0 unspecified atom stereocenters. The molecule has 21 heavy (non-hydrogen) atoms. The molecule has 3 nitrogen and oxygen atoms in total. The molecule has 1 fully saturated rings. The smallest absolute Gasteiger partial charge is 0.230 e. The monoisotopic (exact) mass is 301 g/mol. The lowest BCUT2D eigenvalue weighted by molar-refractivity contribution is -0.119. The third-order valence-electron chi connectivity index (χ3n) is 3.94. The minimum Gasteiger partial charge on any atom is -0.507 e. The van der Waals surface area contributed by atoms with Crippen LogP contribution in [-0.2, 0) is 4.79 Å². The van der Waals surface area contributed by atoms with E-state index in [1.807, 2.05) is 30.3 Å². The molecular formula is C17H19NO2S. The molecule has 0 bridgehead atoms. The Balaban J connectivity index is 1.67. The number of rotatable bonds is 4. The van der Waals surface area contributed by atoms with Crippen molar-refractivity contribution in [1.29, 1.82) is 0 Å². The fourth-order valence-electron chi connectivity index (χ4n) is 2.86. The molecule has 0 aromatic heterocycles. The summed E-state index contributed by atoms with van der Waals surface area (Å²) >= 11 is 1.53. The van der Waals surface area contributed by atoms with Crippen LogP contribution in [0.15, 0.2) is 41.3 Å². The number of carbonyl (C=O) groups is 1. The van der Waals surface area contributed by atoms with Gasteiger partial charge in [0, 0.05) is 16.3 Å². The van der Waals surface area contributed by atoms with Crippen LogP contribution in [0, 0.1) is 0 Å². The molecular weight excluding hydrogens is 282 g/mol. The molecule has 2 aromatic rings. The van der Waals surface area contributed by atoms with Crippen LogP contribution in [-0.4, -0.2) is 22.8 Å². The summed E-state index contributed by atoms with van der Waals surface area (Å²) in [5.74, 6) is 0.806. The number of hydrogen-bond acceptors (Lipinski definition) is 3. The molecule has 2 N–H and O–H groups in total. The maximum absolute atomic E-state index is 12.0. The van der Waals surface area contributed by atoms with Gasteiger partial charge in [-0.15, -0.1) is 11.8 Å². The highest BCUT2D eigenvalue weighted by Crippen LogP contribution is 2.33. The van der Waals surface area contributed by atoms with Gasteiger partial charge in [0.25, 0.3) is 0 Å². The predicted molar refractivity (Wildman–Crippen MR) is 86.7 cm³/mol. The Kier molecular flexibility index (Phi) is 4.34. The average Bonchev–Trinajstić information content (AvgIpc) is 3.00. The van der Waals surface area contributed by atoms with E-state index in [0.29, 0.717) is 11.8 Å². The van der Waals surface area contributed by atoms with Gasteiger partial charge in [-0.05, 0) is 30.4 Å². The summed E-state index contributed by atoms with van der Waals surface area (Å²) in [5.41, 5.74) is 0. The number of phenolic OH excluding ortho intramolecular Hbond substituents is 1. The molecule has 0 aliphatic heterocycles. The van der Waals surface area contributed by atoms with Crippen LogP contribution in [0.5, 0.6) is 5.75 Å². The van der Waals surface area contributed by atoms with Gasteiger partial charge in [0.15, 0.2) is 0 Å². The third kappa shape index (κ3) is 3.32. The number of aromatic hydroxyl groups is 1. The lowest BCUT2D eigenvalue weighted by Crippen LogP contribution is -2.33. The van der Waals surface area contributed by atoms with Crippen molar-refractivity contribution in [3.05, 3.63) is 36.4 Å². The molecule has 0 spiro atoms. The van der Waals surface area contributed by atoms with Crippen LogP contribution >= 0.6 is 11.8 Å². The summed E-state index contributed by atoms with van der Waals surface area (Å²) in [6, 6.07) is 11.7. The van der Waals surface area contributed by atoms with E-state index in [0.717, 1.165) is 28.5 Å². The normalized spacial score (nSPS) is 15.4. The van der Waals surface area contributed by atoms with E-state index in [1.54, 1.807) is 6.07 Å². The summed E-state index contributed by atoms with van der Waals surface area (Å²) < 4.78 is 0. The summed E-state index contributed by atoms with van der Waals surface area (Å²) in [6.07, 6.45) is 4.67. The minimum absolute atomic E-state index is 0.101. The van der Waals surface area contributed by atoms with E-state index in [9.17, 15) is 9.90 Å². The number of fused-ring (bicyclic) bond motifs is 1. The van der Waals surface area contributed by atoms with Crippen molar-refractivity contribution in [2.75, 3.05) is 5.75 Å². The number of hydrogen-bond donors (Lipinski definition) is 2. The Morgan fingerprint density at radius 1 is 1.14 bits per heavy atom. The van der Waals surface area contributed by atoms with Crippen molar-refractivity contribution in [3.8, 4) is 5.75 Å². The quantitative estimate of drug-likeness (QED) is 0.847. The second kappa shape index (κ2) is 6.39. The summed E-state index contributed by atoms with van der Waals surface area (Å²) in [7, 11) is 0. The van der Waals surface area contributed by atoms with E-state index < -0.39 is 0 Å². The number of thioether (sulfide) groups is 1. The molecule has 4 heteroatoms. The van der Waals surface area contributed by atoms with Crippen LogP contribution in [0.1, 0.15) is 25.7 Å². The van der Waals surface area contributed by atoms with E-state index in [1.165, 1.54) is 24.6 Å². The standard InChI is InChI=1S/C17H19NO2S/c19-15-9-10-16(14-8-4-3-7-13(14)15)21-11-17(20)18-12-5-1-2-6-12/h3-4,7-10,12,19H,1-2,5-6,11H2,(H,18,20). The number of nitrogens with one attached hydrogen (secondary N) is 1. The van der Waals surface area contributed by atoms with E-state index in [4.69, 9.17) is 0 Å². The van der Waals surface area contributed by atoms with Crippen molar-refractivity contribution in [1.82, 2.24) is 5.32 Å². The van der Waals surface area contributed by atoms with Gasteiger partial charge in [0.2, 0.25) is 5.91 Å². The largest absolute Gasteiger partial charge is 0.507 e. The Morgan fingerprint density at radius 3 is 2.62 bits per heavy atom. The maximum atomic E-state index is 12.0. The first-order valence-corrected chi connectivity index (χ1v) is 8.35. The van der Waals surface area contributed by atoms with Gasteiger partial charge in [-0.25, -0.2) is 0 Å². The van der Waals surface area contributed by atoms with Crippen LogP contribution in [0.4, 0.5) is 0 Å². The Bertz CT molecular complexity index is 650. The Morgan fingerprint density at radius 2 is 1.86 bits per heavy atom. The van der Waals surface area contributed by atoms with Gasteiger partial charge in [0.05, 0.1) is 5.75 Å². The second-order valence-electron chi connectivity index (χ2n) is 5.47. The minimum atomic E-state index is 0.101. The van der Waals surface area contributed by atoms with Crippen LogP contribution in [0.2, 0.25) is 0 Å². The molecule has 3 rings (SSSR count). The number of carbonyl (C=O) groups excluding carboxylic acids is 1. The van der Waals surface area contributed by atoms with Crippen LogP contribution < -0.4 is 5.32 Å². The molecule has 0 radical (unpaired) electrons. The molecule has 1 aliphatic carbocycles. The summed E-state index contributed by atoms with van der Waals surface area (Å²) in [6.45, 7) is 0. The molecule has 110 valence electrons. The lowest BCUT2D eigenvalue weighted by atomic mass is 10.1. The fraction of sp³-hybridized carbons (Fsp3) is 0.353. The Labute approximate surface area is 128 Å². The van der Waals surface area contributed by atoms with E-state index in [-0.39, 0.29) is 11.7 Å². The zero-order chi connectivity index (χ0) is 14.7. The van der Waals surface area contributed by atoms with Crippen molar-refractivity contribution >= 4 is 28.4 Å².